The fraction of sp³-hybridized carbons (Fsp3) is 0.366. The van der Waals surface area contributed by atoms with Crippen LogP contribution in [0.4, 0.5) is 16.2 Å². The minimum atomic E-state index is -0.738. The molecule has 2 heterocycles. The zero-order chi connectivity index (χ0) is 36.0. The summed E-state index contributed by atoms with van der Waals surface area (Å²) in [5, 5.41) is 15.4. The molecule has 2 amide bonds. The molecule has 268 valence electrons. The monoisotopic (exact) mass is 693 g/mol. The van der Waals surface area contributed by atoms with E-state index in [1.54, 1.807) is 24.3 Å². The van der Waals surface area contributed by atoms with Crippen molar-refractivity contribution in [3.05, 3.63) is 120 Å². The molecule has 0 radical (unpaired) electrons. The predicted octanol–water partition coefficient (Wildman–Crippen LogP) is 8.21. The Balaban J connectivity index is 1.16. The number of para-hydroxylation sites is 1. The van der Waals surface area contributed by atoms with Gasteiger partial charge in [-0.15, -0.1) is 0 Å². The van der Waals surface area contributed by atoms with Gasteiger partial charge in [-0.25, -0.2) is 4.79 Å². The Bertz CT molecular complexity index is 1760. The molecule has 4 aromatic rings. The van der Waals surface area contributed by atoms with Crippen molar-refractivity contribution in [3.8, 4) is 11.5 Å². The number of hydrogen-bond acceptors (Lipinski definition) is 8. The SMILES string of the molecule is C[C@H]1[C@@H](CN2CCC[C@H]2C(=O)OC(C)(C)C)O[C@@H](c2cccc(NC(=O)Nc3ccc(Oc4ccccc4)cc3)c2)O[C@H]1c1ccc(CO)cc1. The molecule has 0 aliphatic carbocycles. The van der Waals surface area contributed by atoms with Crippen LogP contribution in [0.5, 0.6) is 11.5 Å². The Morgan fingerprint density at radius 3 is 2.25 bits per heavy atom. The van der Waals surface area contributed by atoms with Gasteiger partial charge in [0.25, 0.3) is 0 Å². The zero-order valence-corrected chi connectivity index (χ0v) is 29.6. The summed E-state index contributed by atoms with van der Waals surface area (Å²) in [5.74, 6) is 1.13. The maximum atomic E-state index is 13.2. The van der Waals surface area contributed by atoms with Crippen LogP contribution in [0.25, 0.3) is 0 Å². The number of anilines is 2. The lowest BCUT2D eigenvalue weighted by atomic mass is 9.90. The molecule has 3 N–H and O–H groups in total. The van der Waals surface area contributed by atoms with E-state index >= 15 is 0 Å². The predicted molar refractivity (Wildman–Crippen MR) is 195 cm³/mol. The van der Waals surface area contributed by atoms with Gasteiger partial charge in [-0.2, -0.15) is 0 Å². The smallest absolute Gasteiger partial charge is 0.323 e. The molecule has 0 unspecified atom stereocenters. The molecular weight excluding hydrogens is 646 g/mol. The van der Waals surface area contributed by atoms with Crippen LogP contribution < -0.4 is 15.4 Å². The van der Waals surface area contributed by atoms with Gasteiger partial charge in [0.05, 0.1) is 18.8 Å². The fourth-order valence-corrected chi connectivity index (χ4v) is 6.53. The molecule has 10 nitrogen and oxygen atoms in total. The van der Waals surface area contributed by atoms with E-state index in [0.717, 1.165) is 41.8 Å². The summed E-state index contributed by atoms with van der Waals surface area (Å²) in [7, 11) is 0. The van der Waals surface area contributed by atoms with Gasteiger partial charge in [0.1, 0.15) is 23.1 Å². The number of aliphatic hydroxyl groups is 1. The third kappa shape index (κ3) is 9.53. The van der Waals surface area contributed by atoms with E-state index < -0.39 is 17.9 Å². The molecule has 0 aromatic heterocycles. The van der Waals surface area contributed by atoms with Crippen LogP contribution in [0.1, 0.15) is 69.6 Å². The minimum absolute atomic E-state index is 0.0436. The number of amides is 2. The fourth-order valence-electron chi connectivity index (χ4n) is 6.53. The van der Waals surface area contributed by atoms with Crippen LogP contribution in [0.2, 0.25) is 0 Å². The van der Waals surface area contributed by atoms with Crippen molar-refractivity contribution in [2.75, 3.05) is 23.7 Å². The highest BCUT2D eigenvalue weighted by atomic mass is 16.7. The van der Waals surface area contributed by atoms with Crippen molar-refractivity contribution in [1.82, 2.24) is 4.90 Å². The summed E-state index contributed by atoms with van der Waals surface area (Å²) < 4.78 is 25.0. The molecule has 2 saturated heterocycles. The summed E-state index contributed by atoms with van der Waals surface area (Å²) in [6.07, 6.45) is 0.307. The van der Waals surface area contributed by atoms with Gasteiger partial charge in [0, 0.05) is 29.4 Å². The summed E-state index contributed by atoms with van der Waals surface area (Å²) in [5.41, 5.74) is 3.15. The van der Waals surface area contributed by atoms with Crippen molar-refractivity contribution in [2.24, 2.45) is 5.92 Å². The summed E-state index contributed by atoms with van der Waals surface area (Å²) in [6, 6.07) is 31.1. The second kappa shape index (κ2) is 16.1. The van der Waals surface area contributed by atoms with Crippen molar-refractivity contribution in [1.29, 1.82) is 0 Å². The second-order valence-corrected chi connectivity index (χ2v) is 14.2. The topological polar surface area (TPSA) is 119 Å². The zero-order valence-electron chi connectivity index (χ0n) is 29.6. The Hall–Kier alpha value is -4.74. The number of benzene rings is 4. The molecule has 0 saturated carbocycles. The molecule has 0 spiro atoms. The van der Waals surface area contributed by atoms with Crippen molar-refractivity contribution in [2.45, 2.75) is 77.3 Å². The molecule has 6 rings (SSSR count). The van der Waals surface area contributed by atoms with E-state index in [4.69, 9.17) is 18.9 Å². The number of hydrogen-bond donors (Lipinski definition) is 3. The summed E-state index contributed by atoms with van der Waals surface area (Å²) in [6.45, 7) is 9.03. The summed E-state index contributed by atoms with van der Waals surface area (Å²) >= 11 is 0. The molecule has 2 aliphatic rings. The molecule has 10 heteroatoms. The van der Waals surface area contributed by atoms with E-state index in [9.17, 15) is 14.7 Å². The number of likely N-dealkylation sites (tertiary alicyclic amines) is 1. The Morgan fingerprint density at radius 1 is 0.843 bits per heavy atom. The van der Waals surface area contributed by atoms with Gasteiger partial charge in [-0.1, -0.05) is 61.5 Å². The normalized spacial score (nSPS) is 22.3. The highest BCUT2D eigenvalue weighted by molar-refractivity contribution is 5.99. The van der Waals surface area contributed by atoms with Crippen LogP contribution in [-0.2, 0) is 25.6 Å². The highest BCUT2D eigenvalue weighted by Gasteiger charge is 2.42. The first-order valence-corrected chi connectivity index (χ1v) is 17.5. The van der Waals surface area contributed by atoms with Gasteiger partial charge < -0.3 is 34.7 Å². The highest BCUT2D eigenvalue weighted by Crippen LogP contribution is 2.43. The number of aliphatic hydroxyl groups excluding tert-OH is 1. The number of nitrogens with zero attached hydrogens (tertiary/aromatic N) is 1. The van der Waals surface area contributed by atoms with Crippen molar-refractivity contribution in [3.63, 3.8) is 0 Å². The Kier molecular flexibility index (Phi) is 11.4. The quantitative estimate of drug-likeness (QED) is 0.142. The minimum Gasteiger partial charge on any atom is -0.459 e. The number of esters is 1. The summed E-state index contributed by atoms with van der Waals surface area (Å²) in [4.78, 5) is 28.3. The van der Waals surface area contributed by atoms with Crippen LogP contribution in [0, 0.1) is 5.92 Å². The van der Waals surface area contributed by atoms with Crippen LogP contribution in [0.3, 0.4) is 0 Å². The maximum absolute atomic E-state index is 13.2. The molecule has 2 aliphatic heterocycles. The number of ether oxygens (including phenoxy) is 4. The Morgan fingerprint density at radius 2 is 1.55 bits per heavy atom. The first-order valence-electron chi connectivity index (χ1n) is 17.5. The standard InChI is InChI=1S/C41H47N3O7/c1-27-36(25-44-23-9-14-35(44)38(46)51-41(2,3)4)49-39(50-37(27)29-17-15-28(26-45)16-18-29)30-10-8-11-32(24-30)43-40(47)42-31-19-21-34(22-20-31)48-33-12-6-5-7-13-33/h5-8,10-13,15-22,24,27,35-37,39,45H,9,14,23,25-26H2,1-4H3,(H2,42,43,47)/t27-,35-,36+,37+,39+/m0/s1. The van der Waals surface area contributed by atoms with E-state index in [0.29, 0.717) is 23.7 Å². The molecular formula is C41H47N3O7. The van der Waals surface area contributed by atoms with Crippen LogP contribution in [0.15, 0.2) is 103 Å². The average Bonchev–Trinajstić information content (AvgIpc) is 3.58. The Labute approximate surface area is 299 Å². The first-order chi connectivity index (χ1) is 24.5. The average molecular weight is 694 g/mol. The van der Waals surface area contributed by atoms with E-state index in [1.165, 1.54) is 0 Å². The lowest BCUT2D eigenvalue weighted by Gasteiger charge is -2.43. The van der Waals surface area contributed by atoms with E-state index in [-0.39, 0.29) is 36.7 Å². The van der Waals surface area contributed by atoms with E-state index in [1.807, 2.05) is 99.6 Å². The lowest BCUT2D eigenvalue weighted by molar-refractivity contribution is -0.276. The largest absolute Gasteiger partial charge is 0.459 e. The first kappa shape index (κ1) is 36.1. The number of urea groups is 1. The van der Waals surface area contributed by atoms with Gasteiger partial charge in [0.15, 0.2) is 6.29 Å². The van der Waals surface area contributed by atoms with Gasteiger partial charge in [0.2, 0.25) is 0 Å². The maximum Gasteiger partial charge on any atom is 0.323 e. The third-order valence-corrected chi connectivity index (χ3v) is 9.09. The number of carbonyl (C=O) groups excluding carboxylic acids is 2. The molecule has 51 heavy (non-hydrogen) atoms. The van der Waals surface area contributed by atoms with Gasteiger partial charge >= 0.3 is 12.0 Å². The lowest BCUT2D eigenvalue weighted by Crippen LogP contribution is -2.48. The van der Waals surface area contributed by atoms with Crippen molar-refractivity contribution >= 4 is 23.4 Å². The molecule has 5 atom stereocenters. The van der Waals surface area contributed by atoms with Crippen LogP contribution >= 0.6 is 0 Å². The number of carbonyl (C=O) groups is 2. The molecule has 4 aromatic carbocycles. The van der Waals surface area contributed by atoms with Crippen LogP contribution in [-0.4, -0.2) is 52.8 Å². The molecule has 2 fully saturated rings. The van der Waals surface area contributed by atoms with Gasteiger partial charge in [-0.3, -0.25) is 9.69 Å². The van der Waals surface area contributed by atoms with E-state index in [2.05, 4.69) is 22.5 Å². The third-order valence-electron chi connectivity index (χ3n) is 9.09. The number of nitrogens with one attached hydrogen (secondary N) is 2. The molecule has 0 bridgehead atoms. The number of rotatable bonds is 10. The second-order valence-electron chi connectivity index (χ2n) is 14.2. The van der Waals surface area contributed by atoms with Crippen molar-refractivity contribution < 1.29 is 33.6 Å². The van der Waals surface area contributed by atoms with Gasteiger partial charge in [-0.05, 0) is 99.8 Å².